The minimum Gasteiger partial charge on any atom is -0.469 e. The molecule has 1 aromatic heterocycles. The summed E-state index contributed by atoms with van der Waals surface area (Å²) >= 11 is 0. The van der Waals surface area contributed by atoms with Gasteiger partial charge in [-0.25, -0.2) is 0 Å². The van der Waals surface area contributed by atoms with Crippen LogP contribution in [0.2, 0.25) is 0 Å². The summed E-state index contributed by atoms with van der Waals surface area (Å²) in [5.74, 6) is 1.03. The second-order valence-corrected chi connectivity index (χ2v) is 4.88. The number of hydrogen-bond donors (Lipinski definition) is 1. The van der Waals surface area contributed by atoms with Crippen LogP contribution in [-0.4, -0.2) is 31.1 Å². The summed E-state index contributed by atoms with van der Waals surface area (Å²) < 4.78 is 5.30. The van der Waals surface area contributed by atoms with Gasteiger partial charge in [0.25, 0.3) is 0 Å². The molecule has 1 unspecified atom stereocenters. The van der Waals surface area contributed by atoms with Crippen molar-refractivity contribution in [3.63, 3.8) is 0 Å². The molecular formula is C14H26N2O. The van der Waals surface area contributed by atoms with E-state index in [1.54, 1.807) is 6.26 Å². The molecule has 98 valence electrons. The zero-order chi connectivity index (χ0) is 12.7. The van der Waals surface area contributed by atoms with Crippen LogP contribution in [0.5, 0.6) is 0 Å². The van der Waals surface area contributed by atoms with Gasteiger partial charge in [-0.1, -0.05) is 13.3 Å². The molecule has 0 saturated carbocycles. The van der Waals surface area contributed by atoms with Gasteiger partial charge in [-0.3, -0.25) is 0 Å². The highest BCUT2D eigenvalue weighted by atomic mass is 16.3. The van der Waals surface area contributed by atoms with Gasteiger partial charge < -0.3 is 14.6 Å². The molecule has 0 amide bonds. The van der Waals surface area contributed by atoms with E-state index in [2.05, 4.69) is 37.2 Å². The molecule has 0 saturated heterocycles. The van der Waals surface area contributed by atoms with Gasteiger partial charge in [-0.15, -0.1) is 0 Å². The molecule has 0 fully saturated rings. The molecule has 1 atom stereocenters. The SMILES string of the molecule is CCCC(C)NCCN(C)Cc1ccoc1C. The lowest BCUT2D eigenvalue weighted by Gasteiger charge is -2.18. The quantitative estimate of drug-likeness (QED) is 0.755. The van der Waals surface area contributed by atoms with Gasteiger partial charge in [0.2, 0.25) is 0 Å². The fourth-order valence-corrected chi connectivity index (χ4v) is 1.98. The second kappa shape index (κ2) is 7.51. The summed E-state index contributed by atoms with van der Waals surface area (Å²) in [6, 6.07) is 2.68. The molecule has 0 aromatic carbocycles. The van der Waals surface area contributed by atoms with Crippen molar-refractivity contribution in [3.05, 3.63) is 23.7 Å². The zero-order valence-corrected chi connectivity index (χ0v) is 11.6. The molecule has 0 aliphatic carbocycles. The maximum Gasteiger partial charge on any atom is 0.105 e. The molecule has 17 heavy (non-hydrogen) atoms. The topological polar surface area (TPSA) is 28.4 Å². The minimum absolute atomic E-state index is 0.629. The fraction of sp³-hybridized carbons (Fsp3) is 0.714. The van der Waals surface area contributed by atoms with Gasteiger partial charge in [0, 0.05) is 31.2 Å². The van der Waals surface area contributed by atoms with Crippen molar-refractivity contribution in [1.29, 1.82) is 0 Å². The van der Waals surface area contributed by atoms with E-state index in [4.69, 9.17) is 4.42 Å². The normalized spacial score (nSPS) is 13.2. The van der Waals surface area contributed by atoms with Crippen LogP contribution in [0.4, 0.5) is 0 Å². The van der Waals surface area contributed by atoms with Crippen LogP contribution in [0.1, 0.15) is 38.0 Å². The lowest BCUT2D eigenvalue weighted by molar-refractivity contribution is 0.314. The Hall–Kier alpha value is -0.800. The van der Waals surface area contributed by atoms with E-state index in [1.807, 2.05) is 6.92 Å². The van der Waals surface area contributed by atoms with Crippen molar-refractivity contribution in [2.45, 2.75) is 46.2 Å². The van der Waals surface area contributed by atoms with E-state index in [-0.39, 0.29) is 0 Å². The number of nitrogens with one attached hydrogen (secondary N) is 1. The Morgan fingerprint density at radius 3 is 2.82 bits per heavy atom. The van der Waals surface area contributed by atoms with E-state index in [0.717, 1.165) is 25.4 Å². The van der Waals surface area contributed by atoms with Crippen molar-refractivity contribution in [1.82, 2.24) is 10.2 Å². The average molecular weight is 238 g/mol. The Balaban J connectivity index is 2.17. The van der Waals surface area contributed by atoms with E-state index in [1.165, 1.54) is 18.4 Å². The van der Waals surface area contributed by atoms with Crippen LogP contribution < -0.4 is 5.32 Å². The molecule has 3 heteroatoms. The number of aryl methyl sites for hydroxylation is 1. The van der Waals surface area contributed by atoms with Crippen LogP contribution in [0, 0.1) is 6.92 Å². The van der Waals surface area contributed by atoms with E-state index in [9.17, 15) is 0 Å². The summed E-state index contributed by atoms with van der Waals surface area (Å²) in [5.41, 5.74) is 1.29. The molecule has 0 radical (unpaired) electrons. The van der Waals surface area contributed by atoms with Crippen LogP contribution in [0.25, 0.3) is 0 Å². The fourth-order valence-electron chi connectivity index (χ4n) is 1.98. The molecule has 0 bridgehead atoms. The van der Waals surface area contributed by atoms with Gasteiger partial charge in [0.05, 0.1) is 6.26 Å². The molecule has 0 aliphatic heterocycles. The average Bonchev–Trinajstić information content (AvgIpc) is 2.65. The highest BCUT2D eigenvalue weighted by molar-refractivity contribution is 5.14. The van der Waals surface area contributed by atoms with Crippen molar-refractivity contribution < 1.29 is 4.42 Å². The standard InChI is InChI=1S/C14H26N2O/c1-5-6-12(2)15-8-9-16(4)11-14-7-10-17-13(14)3/h7,10,12,15H,5-6,8-9,11H2,1-4H3. The van der Waals surface area contributed by atoms with Gasteiger partial charge in [0.15, 0.2) is 0 Å². The zero-order valence-electron chi connectivity index (χ0n) is 11.6. The van der Waals surface area contributed by atoms with E-state index in [0.29, 0.717) is 6.04 Å². The molecule has 1 N–H and O–H groups in total. The third-order valence-corrected chi connectivity index (χ3v) is 3.11. The summed E-state index contributed by atoms with van der Waals surface area (Å²) in [4.78, 5) is 2.32. The van der Waals surface area contributed by atoms with Crippen LogP contribution in [0.15, 0.2) is 16.7 Å². The number of furan rings is 1. The first kappa shape index (κ1) is 14.3. The van der Waals surface area contributed by atoms with Crippen LogP contribution >= 0.6 is 0 Å². The lowest BCUT2D eigenvalue weighted by atomic mass is 10.2. The van der Waals surface area contributed by atoms with Crippen molar-refractivity contribution >= 4 is 0 Å². The Morgan fingerprint density at radius 1 is 1.47 bits per heavy atom. The Kier molecular flexibility index (Phi) is 6.30. The number of hydrogen-bond acceptors (Lipinski definition) is 3. The van der Waals surface area contributed by atoms with Crippen molar-refractivity contribution in [3.8, 4) is 0 Å². The number of rotatable bonds is 8. The number of nitrogens with zero attached hydrogens (tertiary/aromatic N) is 1. The molecule has 3 nitrogen and oxygen atoms in total. The summed E-state index contributed by atoms with van der Waals surface area (Å²) in [5, 5.41) is 3.54. The largest absolute Gasteiger partial charge is 0.469 e. The van der Waals surface area contributed by atoms with Gasteiger partial charge in [-0.05, 0) is 33.4 Å². The summed E-state index contributed by atoms with van der Waals surface area (Å²) in [6.45, 7) is 9.58. The smallest absolute Gasteiger partial charge is 0.105 e. The molecule has 1 aromatic rings. The summed E-state index contributed by atoms with van der Waals surface area (Å²) in [7, 11) is 2.15. The van der Waals surface area contributed by atoms with Gasteiger partial charge >= 0.3 is 0 Å². The van der Waals surface area contributed by atoms with Crippen LogP contribution in [-0.2, 0) is 6.54 Å². The first-order valence-electron chi connectivity index (χ1n) is 6.58. The molecule has 0 spiro atoms. The second-order valence-electron chi connectivity index (χ2n) is 4.88. The Bertz CT molecular complexity index is 309. The molecule has 1 rings (SSSR count). The third kappa shape index (κ3) is 5.37. The monoisotopic (exact) mass is 238 g/mol. The molecular weight excluding hydrogens is 212 g/mol. The number of likely N-dealkylation sites (N-methyl/N-ethyl adjacent to an activating group) is 1. The highest BCUT2D eigenvalue weighted by Gasteiger charge is 2.05. The maximum atomic E-state index is 5.30. The van der Waals surface area contributed by atoms with Crippen molar-refractivity contribution in [2.24, 2.45) is 0 Å². The highest BCUT2D eigenvalue weighted by Crippen LogP contribution is 2.10. The molecule has 1 heterocycles. The molecule has 0 aliphatic rings. The Labute approximate surface area is 105 Å². The van der Waals surface area contributed by atoms with Crippen LogP contribution in [0.3, 0.4) is 0 Å². The van der Waals surface area contributed by atoms with E-state index >= 15 is 0 Å². The first-order chi connectivity index (χ1) is 8.13. The van der Waals surface area contributed by atoms with Gasteiger partial charge in [-0.2, -0.15) is 0 Å². The maximum absolute atomic E-state index is 5.30. The third-order valence-electron chi connectivity index (χ3n) is 3.11. The Morgan fingerprint density at radius 2 is 2.24 bits per heavy atom. The summed E-state index contributed by atoms with van der Waals surface area (Å²) in [6.07, 6.45) is 4.27. The first-order valence-corrected chi connectivity index (χ1v) is 6.58. The van der Waals surface area contributed by atoms with E-state index < -0.39 is 0 Å². The predicted molar refractivity (Wildman–Crippen MR) is 72.2 cm³/mol. The predicted octanol–water partition coefficient (Wildman–Crippen LogP) is 2.80. The lowest BCUT2D eigenvalue weighted by Crippen LogP contribution is -2.34. The van der Waals surface area contributed by atoms with Crippen molar-refractivity contribution in [2.75, 3.05) is 20.1 Å². The van der Waals surface area contributed by atoms with Gasteiger partial charge in [0.1, 0.15) is 5.76 Å². The minimum atomic E-state index is 0.629.